The zero-order chi connectivity index (χ0) is 15.4. The van der Waals surface area contributed by atoms with Crippen molar-refractivity contribution in [2.75, 3.05) is 21.3 Å². The van der Waals surface area contributed by atoms with Gasteiger partial charge in [-0.25, -0.2) is 4.39 Å². The van der Waals surface area contributed by atoms with E-state index in [-0.39, 0.29) is 10.6 Å². The third-order valence-electron chi connectivity index (χ3n) is 3.18. The van der Waals surface area contributed by atoms with Crippen LogP contribution in [0.1, 0.15) is 16.0 Å². The molecule has 1 unspecified atom stereocenters. The van der Waals surface area contributed by atoms with E-state index in [1.807, 2.05) is 18.2 Å². The van der Waals surface area contributed by atoms with Crippen LogP contribution in [0.5, 0.6) is 17.2 Å². The molecule has 0 radical (unpaired) electrons. The summed E-state index contributed by atoms with van der Waals surface area (Å²) in [5.74, 6) is 1.27. The average molecular weight is 355 g/mol. The molecule has 5 heteroatoms. The number of hydrogen-bond acceptors (Lipinski definition) is 3. The van der Waals surface area contributed by atoms with Crippen LogP contribution in [0.3, 0.4) is 0 Å². The van der Waals surface area contributed by atoms with Gasteiger partial charge in [0.1, 0.15) is 11.5 Å². The number of rotatable bonds is 5. The molecule has 21 heavy (non-hydrogen) atoms. The van der Waals surface area contributed by atoms with Gasteiger partial charge in [0.25, 0.3) is 0 Å². The Morgan fingerprint density at radius 2 is 1.62 bits per heavy atom. The van der Waals surface area contributed by atoms with Crippen molar-refractivity contribution < 1.29 is 18.6 Å². The van der Waals surface area contributed by atoms with E-state index in [0.717, 1.165) is 22.6 Å². The maximum absolute atomic E-state index is 13.5. The lowest BCUT2D eigenvalue weighted by atomic mass is 10.0. The minimum absolute atomic E-state index is 0.169. The van der Waals surface area contributed by atoms with Gasteiger partial charge < -0.3 is 14.2 Å². The molecule has 0 saturated heterocycles. The standard InChI is InChI=1S/C16H16BrFO3/c1-19-11-5-7-14(20-2)12(9-11)16(17)10-4-6-13(18)15(8-10)21-3/h4-9,16H,1-3H3. The van der Waals surface area contributed by atoms with Crippen molar-refractivity contribution in [1.82, 2.24) is 0 Å². The van der Waals surface area contributed by atoms with E-state index in [2.05, 4.69) is 15.9 Å². The quantitative estimate of drug-likeness (QED) is 0.747. The predicted octanol–water partition coefficient (Wildman–Crippen LogP) is 4.34. The number of benzene rings is 2. The Morgan fingerprint density at radius 3 is 2.24 bits per heavy atom. The van der Waals surface area contributed by atoms with Crippen LogP contribution >= 0.6 is 15.9 Å². The van der Waals surface area contributed by atoms with Gasteiger partial charge in [0, 0.05) is 5.56 Å². The molecule has 0 saturated carbocycles. The molecule has 0 N–H and O–H groups in total. The fourth-order valence-electron chi connectivity index (χ4n) is 2.05. The highest BCUT2D eigenvalue weighted by Gasteiger charge is 2.18. The molecule has 0 aliphatic carbocycles. The minimum Gasteiger partial charge on any atom is -0.497 e. The largest absolute Gasteiger partial charge is 0.497 e. The van der Waals surface area contributed by atoms with Gasteiger partial charge in [0.2, 0.25) is 0 Å². The summed E-state index contributed by atoms with van der Waals surface area (Å²) in [5, 5.41) is 0. The maximum Gasteiger partial charge on any atom is 0.165 e. The molecule has 0 heterocycles. The lowest BCUT2D eigenvalue weighted by molar-refractivity contribution is 0.386. The fraction of sp³-hybridized carbons (Fsp3) is 0.250. The van der Waals surface area contributed by atoms with Crippen LogP contribution in [-0.4, -0.2) is 21.3 Å². The van der Waals surface area contributed by atoms with Crippen LogP contribution in [-0.2, 0) is 0 Å². The van der Waals surface area contributed by atoms with Crippen molar-refractivity contribution in [3.05, 3.63) is 53.3 Å². The first kappa shape index (κ1) is 15.6. The van der Waals surface area contributed by atoms with Gasteiger partial charge in [0.05, 0.1) is 26.2 Å². The highest BCUT2D eigenvalue weighted by atomic mass is 79.9. The molecule has 1 atom stereocenters. The summed E-state index contributed by atoms with van der Waals surface area (Å²) >= 11 is 3.62. The molecule has 0 aliphatic heterocycles. The Labute approximate surface area is 131 Å². The number of ether oxygens (including phenoxy) is 3. The lowest BCUT2D eigenvalue weighted by Gasteiger charge is -2.16. The van der Waals surface area contributed by atoms with Gasteiger partial charge in [-0.2, -0.15) is 0 Å². The van der Waals surface area contributed by atoms with Gasteiger partial charge in [-0.1, -0.05) is 22.0 Å². The van der Waals surface area contributed by atoms with E-state index in [9.17, 15) is 4.39 Å². The van der Waals surface area contributed by atoms with Crippen LogP contribution in [0.15, 0.2) is 36.4 Å². The molecule has 0 aromatic heterocycles. The maximum atomic E-state index is 13.5. The predicted molar refractivity (Wildman–Crippen MR) is 83.3 cm³/mol. The molecule has 2 rings (SSSR count). The Bertz CT molecular complexity index is 631. The van der Waals surface area contributed by atoms with Crippen molar-refractivity contribution in [3.8, 4) is 17.2 Å². The first-order valence-electron chi connectivity index (χ1n) is 6.30. The van der Waals surface area contributed by atoms with Gasteiger partial charge >= 0.3 is 0 Å². The second kappa shape index (κ2) is 6.80. The molecular weight excluding hydrogens is 339 g/mol. The number of halogens is 2. The second-order valence-electron chi connectivity index (χ2n) is 4.36. The molecule has 0 amide bonds. The topological polar surface area (TPSA) is 27.7 Å². The van der Waals surface area contributed by atoms with Gasteiger partial charge in [-0.3, -0.25) is 0 Å². The molecule has 0 spiro atoms. The first-order valence-corrected chi connectivity index (χ1v) is 7.21. The van der Waals surface area contributed by atoms with E-state index in [0.29, 0.717) is 0 Å². The van der Waals surface area contributed by atoms with Crippen molar-refractivity contribution >= 4 is 15.9 Å². The number of hydrogen-bond donors (Lipinski definition) is 0. The van der Waals surface area contributed by atoms with Gasteiger partial charge in [0.15, 0.2) is 11.6 Å². The Balaban J connectivity index is 2.45. The van der Waals surface area contributed by atoms with Crippen molar-refractivity contribution in [1.29, 1.82) is 0 Å². The Morgan fingerprint density at radius 1 is 0.905 bits per heavy atom. The SMILES string of the molecule is COc1ccc(OC)c(C(Br)c2ccc(F)c(OC)c2)c1. The fourth-order valence-corrected chi connectivity index (χ4v) is 2.69. The van der Waals surface area contributed by atoms with Gasteiger partial charge in [-0.15, -0.1) is 0 Å². The summed E-state index contributed by atoms with van der Waals surface area (Å²) in [7, 11) is 4.66. The summed E-state index contributed by atoms with van der Waals surface area (Å²) in [6.07, 6.45) is 0. The van der Waals surface area contributed by atoms with Crippen molar-refractivity contribution in [2.24, 2.45) is 0 Å². The van der Waals surface area contributed by atoms with Gasteiger partial charge in [-0.05, 0) is 35.9 Å². The van der Waals surface area contributed by atoms with E-state index in [4.69, 9.17) is 14.2 Å². The zero-order valence-electron chi connectivity index (χ0n) is 12.0. The number of alkyl halides is 1. The van der Waals surface area contributed by atoms with Crippen LogP contribution < -0.4 is 14.2 Å². The van der Waals surface area contributed by atoms with Crippen LogP contribution in [0, 0.1) is 5.82 Å². The molecule has 0 bridgehead atoms. The Kier molecular flexibility index (Phi) is 5.07. The molecular formula is C16H16BrFO3. The summed E-state index contributed by atoms with van der Waals surface area (Å²) in [6.45, 7) is 0. The molecule has 3 nitrogen and oxygen atoms in total. The molecule has 112 valence electrons. The minimum atomic E-state index is -0.390. The van der Waals surface area contributed by atoms with Crippen LogP contribution in [0.25, 0.3) is 0 Å². The Hall–Kier alpha value is -1.75. The molecule has 2 aromatic carbocycles. The van der Waals surface area contributed by atoms with Crippen LogP contribution in [0.4, 0.5) is 4.39 Å². The summed E-state index contributed by atoms with van der Waals surface area (Å²) in [5.41, 5.74) is 1.75. The monoisotopic (exact) mass is 354 g/mol. The second-order valence-corrected chi connectivity index (χ2v) is 5.28. The molecule has 0 aliphatic rings. The van der Waals surface area contributed by atoms with E-state index >= 15 is 0 Å². The van der Waals surface area contributed by atoms with Crippen LogP contribution in [0.2, 0.25) is 0 Å². The highest BCUT2D eigenvalue weighted by molar-refractivity contribution is 9.09. The third kappa shape index (κ3) is 3.29. The summed E-state index contributed by atoms with van der Waals surface area (Å²) < 4.78 is 29.2. The van der Waals surface area contributed by atoms with E-state index in [1.165, 1.54) is 13.2 Å². The van der Waals surface area contributed by atoms with E-state index < -0.39 is 5.82 Å². The molecule has 2 aromatic rings. The highest BCUT2D eigenvalue weighted by Crippen LogP contribution is 2.39. The zero-order valence-corrected chi connectivity index (χ0v) is 13.6. The van der Waals surface area contributed by atoms with Crippen molar-refractivity contribution in [2.45, 2.75) is 4.83 Å². The normalized spacial score (nSPS) is 11.9. The third-order valence-corrected chi connectivity index (χ3v) is 4.20. The smallest absolute Gasteiger partial charge is 0.165 e. The summed E-state index contributed by atoms with van der Waals surface area (Å²) in [4.78, 5) is -0.169. The van der Waals surface area contributed by atoms with E-state index in [1.54, 1.807) is 26.4 Å². The molecule has 0 fully saturated rings. The summed E-state index contributed by atoms with van der Waals surface area (Å²) in [6, 6.07) is 10.3. The first-order chi connectivity index (χ1) is 10.1. The number of methoxy groups -OCH3 is 3. The van der Waals surface area contributed by atoms with Crippen molar-refractivity contribution in [3.63, 3.8) is 0 Å². The lowest BCUT2D eigenvalue weighted by Crippen LogP contribution is -1.99. The average Bonchev–Trinajstić information content (AvgIpc) is 2.54.